The Morgan fingerprint density at radius 3 is 2.17 bits per heavy atom. The fraction of sp³-hybridized carbons (Fsp3) is 1.00. The SMILES string of the molecule is CCCCC(CCC)OCCC. The molecule has 0 aliphatic heterocycles. The lowest BCUT2D eigenvalue weighted by Gasteiger charge is -2.16. The lowest BCUT2D eigenvalue weighted by Crippen LogP contribution is -2.13. The summed E-state index contributed by atoms with van der Waals surface area (Å²) < 4.78 is 5.73. The lowest BCUT2D eigenvalue weighted by atomic mass is 10.1. The monoisotopic (exact) mass is 172 g/mol. The Balaban J connectivity index is 3.40. The number of hydrogen-bond donors (Lipinski definition) is 0. The van der Waals surface area contributed by atoms with Gasteiger partial charge in [-0.05, 0) is 19.3 Å². The number of hydrogen-bond acceptors (Lipinski definition) is 1. The first kappa shape index (κ1) is 12.0. The van der Waals surface area contributed by atoms with Crippen LogP contribution in [0.25, 0.3) is 0 Å². The summed E-state index contributed by atoms with van der Waals surface area (Å²) in [5.74, 6) is 0. The van der Waals surface area contributed by atoms with Gasteiger partial charge in [0.25, 0.3) is 0 Å². The summed E-state index contributed by atoms with van der Waals surface area (Å²) in [6.07, 6.45) is 8.02. The molecular formula is C11H24O. The standard InChI is InChI=1S/C11H24O/c1-4-7-9-11(8-5-2)12-10-6-3/h11H,4-10H2,1-3H3. The third-order valence-corrected chi connectivity index (χ3v) is 2.05. The van der Waals surface area contributed by atoms with Crippen LogP contribution in [0.3, 0.4) is 0 Å². The quantitative estimate of drug-likeness (QED) is 0.541. The molecule has 1 unspecified atom stereocenters. The van der Waals surface area contributed by atoms with E-state index in [1.54, 1.807) is 0 Å². The maximum absolute atomic E-state index is 5.73. The van der Waals surface area contributed by atoms with Crippen molar-refractivity contribution in [2.24, 2.45) is 0 Å². The topological polar surface area (TPSA) is 9.23 Å². The number of unbranched alkanes of at least 4 members (excludes halogenated alkanes) is 1. The van der Waals surface area contributed by atoms with Crippen molar-refractivity contribution < 1.29 is 4.74 Å². The van der Waals surface area contributed by atoms with Gasteiger partial charge in [-0.2, -0.15) is 0 Å². The van der Waals surface area contributed by atoms with E-state index >= 15 is 0 Å². The largest absolute Gasteiger partial charge is 0.378 e. The van der Waals surface area contributed by atoms with E-state index in [1.165, 1.54) is 32.1 Å². The highest BCUT2D eigenvalue weighted by molar-refractivity contribution is 4.56. The van der Waals surface area contributed by atoms with Gasteiger partial charge < -0.3 is 4.74 Å². The summed E-state index contributed by atoms with van der Waals surface area (Å²) in [4.78, 5) is 0. The minimum atomic E-state index is 0.537. The predicted molar refractivity (Wildman–Crippen MR) is 54.5 cm³/mol. The second-order valence-corrected chi connectivity index (χ2v) is 3.42. The Kier molecular flexibility index (Phi) is 9.02. The van der Waals surface area contributed by atoms with Gasteiger partial charge in [0.15, 0.2) is 0 Å². The van der Waals surface area contributed by atoms with Gasteiger partial charge in [0.05, 0.1) is 6.10 Å². The van der Waals surface area contributed by atoms with Crippen LogP contribution < -0.4 is 0 Å². The number of ether oxygens (including phenoxy) is 1. The van der Waals surface area contributed by atoms with Crippen LogP contribution in [-0.2, 0) is 4.74 Å². The highest BCUT2D eigenvalue weighted by atomic mass is 16.5. The van der Waals surface area contributed by atoms with Crippen molar-refractivity contribution in [1.29, 1.82) is 0 Å². The highest BCUT2D eigenvalue weighted by Gasteiger charge is 2.05. The smallest absolute Gasteiger partial charge is 0.0575 e. The van der Waals surface area contributed by atoms with Crippen molar-refractivity contribution in [3.05, 3.63) is 0 Å². The molecule has 1 heteroatoms. The van der Waals surface area contributed by atoms with Crippen LogP contribution in [0.1, 0.15) is 59.3 Å². The zero-order chi connectivity index (χ0) is 9.23. The van der Waals surface area contributed by atoms with Crippen LogP contribution in [0.2, 0.25) is 0 Å². The van der Waals surface area contributed by atoms with E-state index in [1.807, 2.05) is 0 Å². The summed E-state index contributed by atoms with van der Waals surface area (Å²) in [5.41, 5.74) is 0. The Hall–Kier alpha value is -0.0400. The predicted octanol–water partition coefficient (Wildman–Crippen LogP) is 3.77. The molecule has 0 aliphatic rings. The van der Waals surface area contributed by atoms with Gasteiger partial charge in [0.2, 0.25) is 0 Å². The van der Waals surface area contributed by atoms with E-state index < -0.39 is 0 Å². The maximum atomic E-state index is 5.73. The van der Waals surface area contributed by atoms with Crippen LogP contribution in [0.4, 0.5) is 0 Å². The van der Waals surface area contributed by atoms with Crippen LogP contribution >= 0.6 is 0 Å². The minimum absolute atomic E-state index is 0.537. The zero-order valence-electron chi connectivity index (χ0n) is 8.94. The lowest BCUT2D eigenvalue weighted by molar-refractivity contribution is 0.0402. The van der Waals surface area contributed by atoms with Gasteiger partial charge in [-0.25, -0.2) is 0 Å². The molecule has 0 N–H and O–H groups in total. The Bertz CT molecular complexity index is 73.1. The average molecular weight is 172 g/mol. The summed E-state index contributed by atoms with van der Waals surface area (Å²) in [6.45, 7) is 7.58. The molecule has 0 radical (unpaired) electrons. The Morgan fingerprint density at radius 1 is 0.917 bits per heavy atom. The van der Waals surface area contributed by atoms with E-state index in [4.69, 9.17) is 4.74 Å². The van der Waals surface area contributed by atoms with Gasteiger partial charge in [-0.3, -0.25) is 0 Å². The molecule has 0 saturated heterocycles. The van der Waals surface area contributed by atoms with Crippen LogP contribution in [0.5, 0.6) is 0 Å². The first-order valence-electron chi connectivity index (χ1n) is 5.46. The average Bonchev–Trinajstić information content (AvgIpc) is 2.10. The molecule has 0 aromatic heterocycles. The van der Waals surface area contributed by atoms with Gasteiger partial charge in [-0.1, -0.05) is 40.0 Å². The molecule has 0 aliphatic carbocycles. The Morgan fingerprint density at radius 2 is 1.67 bits per heavy atom. The second-order valence-electron chi connectivity index (χ2n) is 3.42. The zero-order valence-corrected chi connectivity index (χ0v) is 8.94. The van der Waals surface area contributed by atoms with Gasteiger partial charge in [0.1, 0.15) is 0 Å². The van der Waals surface area contributed by atoms with Crippen molar-refractivity contribution in [3.8, 4) is 0 Å². The van der Waals surface area contributed by atoms with Crippen molar-refractivity contribution in [1.82, 2.24) is 0 Å². The first-order chi connectivity index (χ1) is 5.85. The van der Waals surface area contributed by atoms with Crippen LogP contribution in [0, 0.1) is 0 Å². The first-order valence-corrected chi connectivity index (χ1v) is 5.46. The van der Waals surface area contributed by atoms with E-state index in [2.05, 4.69) is 20.8 Å². The molecule has 1 nitrogen and oxygen atoms in total. The molecule has 0 aromatic carbocycles. The molecule has 0 rings (SSSR count). The van der Waals surface area contributed by atoms with E-state index in [0.717, 1.165) is 13.0 Å². The summed E-state index contributed by atoms with van der Waals surface area (Å²) in [5, 5.41) is 0. The van der Waals surface area contributed by atoms with E-state index in [0.29, 0.717) is 6.10 Å². The molecule has 74 valence electrons. The fourth-order valence-corrected chi connectivity index (χ4v) is 1.35. The molecule has 0 aromatic rings. The minimum Gasteiger partial charge on any atom is -0.378 e. The summed E-state index contributed by atoms with van der Waals surface area (Å²) in [7, 11) is 0. The molecule has 0 bridgehead atoms. The van der Waals surface area contributed by atoms with Crippen molar-refractivity contribution in [2.45, 2.75) is 65.4 Å². The summed E-state index contributed by atoms with van der Waals surface area (Å²) in [6, 6.07) is 0. The summed E-state index contributed by atoms with van der Waals surface area (Å²) >= 11 is 0. The second kappa shape index (κ2) is 9.05. The van der Waals surface area contributed by atoms with E-state index in [-0.39, 0.29) is 0 Å². The highest BCUT2D eigenvalue weighted by Crippen LogP contribution is 2.10. The van der Waals surface area contributed by atoms with Crippen molar-refractivity contribution in [2.75, 3.05) is 6.61 Å². The molecule has 0 amide bonds. The van der Waals surface area contributed by atoms with Crippen LogP contribution in [0.15, 0.2) is 0 Å². The molecule has 0 fully saturated rings. The maximum Gasteiger partial charge on any atom is 0.0575 e. The van der Waals surface area contributed by atoms with Crippen molar-refractivity contribution >= 4 is 0 Å². The third kappa shape index (κ3) is 6.66. The number of rotatable bonds is 8. The normalized spacial score (nSPS) is 13.2. The Labute approximate surface area is 77.5 Å². The van der Waals surface area contributed by atoms with Gasteiger partial charge in [0, 0.05) is 6.61 Å². The van der Waals surface area contributed by atoms with E-state index in [9.17, 15) is 0 Å². The molecular weight excluding hydrogens is 148 g/mol. The van der Waals surface area contributed by atoms with Crippen molar-refractivity contribution in [3.63, 3.8) is 0 Å². The van der Waals surface area contributed by atoms with Gasteiger partial charge >= 0.3 is 0 Å². The molecule has 0 saturated carbocycles. The molecule has 1 atom stereocenters. The third-order valence-electron chi connectivity index (χ3n) is 2.05. The molecule has 0 heterocycles. The van der Waals surface area contributed by atoms with Crippen LogP contribution in [-0.4, -0.2) is 12.7 Å². The molecule has 0 spiro atoms. The fourth-order valence-electron chi connectivity index (χ4n) is 1.35. The molecule has 12 heavy (non-hydrogen) atoms. The van der Waals surface area contributed by atoms with Gasteiger partial charge in [-0.15, -0.1) is 0 Å².